The molecule has 168 valence electrons. The van der Waals surface area contributed by atoms with Crippen LogP contribution in [-0.4, -0.2) is 24.2 Å². The Morgan fingerprint density at radius 1 is 0.935 bits per heavy atom. The number of carbonyl (C=O) groups excluding carboxylic acids is 1. The minimum Gasteiger partial charge on any atom is -0.374 e. The zero-order valence-corrected chi connectivity index (χ0v) is 19.5. The molecular weight excluding hydrogens is 382 g/mol. The van der Waals surface area contributed by atoms with Crippen molar-refractivity contribution in [3.8, 4) is 0 Å². The first-order valence-electron chi connectivity index (χ1n) is 12.9. The van der Waals surface area contributed by atoms with Gasteiger partial charge in [0, 0.05) is 12.5 Å². The third kappa shape index (κ3) is 3.13. The number of rotatable bonds is 3. The van der Waals surface area contributed by atoms with Gasteiger partial charge in [-0.05, 0) is 98.4 Å². The SMILES string of the molecule is Cc1ccc(C2CC3NC(=O)CC[C@]3(C)[C@@H]3CC[C@]4(C)C(OC5CC5)CC[C@H]4[C@H]23)cc1. The molecule has 0 spiro atoms. The minimum atomic E-state index is 0.247. The second-order valence-electron chi connectivity index (χ2n) is 12.1. The van der Waals surface area contributed by atoms with Crippen molar-refractivity contribution in [1.82, 2.24) is 5.32 Å². The molecule has 1 aromatic rings. The minimum absolute atomic E-state index is 0.247. The highest BCUT2D eigenvalue weighted by atomic mass is 16.5. The lowest BCUT2D eigenvalue weighted by molar-refractivity contribution is -0.145. The first-order valence-corrected chi connectivity index (χ1v) is 12.9. The van der Waals surface area contributed by atoms with Gasteiger partial charge in [-0.3, -0.25) is 4.79 Å². The molecule has 4 saturated carbocycles. The molecule has 6 rings (SSSR count). The fraction of sp³-hybridized carbons (Fsp3) is 0.750. The fourth-order valence-electron chi connectivity index (χ4n) is 8.48. The maximum Gasteiger partial charge on any atom is 0.220 e. The summed E-state index contributed by atoms with van der Waals surface area (Å²) in [6.07, 6.45) is 11.6. The molecule has 1 amide bonds. The molecule has 1 saturated heterocycles. The van der Waals surface area contributed by atoms with Crippen LogP contribution in [0.15, 0.2) is 24.3 Å². The van der Waals surface area contributed by atoms with E-state index in [1.807, 2.05) is 0 Å². The van der Waals surface area contributed by atoms with Crippen LogP contribution in [0.2, 0.25) is 0 Å². The van der Waals surface area contributed by atoms with Crippen LogP contribution < -0.4 is 5.32 Å². The van der Waals surface area contributed by atoms with Gasteiger partial charge in [0.15, 0.2) is 0 Å². The number of amides is 1. The highest BCUT2D eigenvalue weighted by Gasteiger charge is 2.63. The van der Waals surface area contributed by atoms with Crippen LogP contribution in [0.25, 0.3) is 0 Å². The van der Waals surface area contributed by atoms with Crippen molar-refractivity contribution in [3.63, 3.8) is 0 Å². The maximum atomic E-state index is 12.4. The predicted octanol–water partition coefficient (Wildman–Crippen LogP) is 5.76. The summed E-state index contributed by atoms with van der Waals surface area (Å²) >= 11 is 0. The van der Waals surface area contributed by atoms with Crippen molar-refractivity contribution in [2.75, 3.05) is 0 Å². The van der Waals surface area contributed by atoms with Crippen molar-refractivity contribution in [3.05, 3.63) is 35.4 Å². The molecule has 1 heterocycles. The van der Waals surface area contributed by atoms with E-state index in [4.69, 9.17) is 4.74 Å². The summed E-state index contributed by atoms with van der Waals surface area (Å²) in [4.78, 5) is 12.4. The average molecular weight is 422 g/mol. The Bertz CT molecular complexity index is 860. The number of nitrogens with one attached hydrogen (secondary N) is 1. The summed E-state index contributed by atoms with van der Waals surface area (Å²) in [6.45, 7) is 7.26. The normalized spacial score (nSPS) is 46.6. The molecule has 5 fully saturated rings. The smallest absolute Gasteiger partial charge is 0.220 e. The lowest BCUT2D eigenvalue weighted by Gasteiger charge is -2.62. The van der Waals surface area contributed by atoms with Gasteiger partial charge in [-0.1, -0.05) is 43.7 Å². The molecule has 3 unspecified atom stereocenters. The lowest BCUT2D eigenvalue weighted by Crippen LogP contribution is -2.63. The molecule has 8 atom stereocenters. The number of aryl methyl sites for hydroxylation is 1. The van der Waals surface area contributed by atoms with Gasteiger partial charge >= 0.3 is 0 Å². The van der Waals surface area contributed by atoms with Crippen LogP contribution in [-0.2, 0) is 9.53 Å². The maximum absolute atomic E-state index is 12.4. The van der Waals surface area contributed by atoms with Crippen molar-refractivity contribution < 1.29 is 9.53 Å². The van der Waals surface area contributed by atoms with E-state index in [1.54, 1.807) is 0 Å². The van der Waals surface area contributed by atoms with Gasteiger partial charge in [-0.25, -0.2) is 0 Å². The van der Waals surface area contributed by atoms with Crippen LogP contribution in [0.1, 0.15) is 88.7 Å². The molecule has 3 nitrogen and oxygen atoms in total. The topological polar surface area (TPSA) is 38.3 Å². The van der Waals surface area contributed by atoms with Crippen molar-refractivity contribution in [2.24, 2.45) is 28.6 Å². The van der Waals surface area contributed by atoms with Gasteiger partial charge < -0.3 is 10.1 Å². The van der Waals surface area contributed by atoms with E-state index in [9.17, 15) is 4.79 Å². The van der Waals surface area contributed by atoms with Gasteiger partial charge in [0.05, 0.1) is 12.2 Å². The molecule has 5 aliphatic rings. The summed E-state index contributed by atoms with van der Waals surface area (Å²) in [5.41, 5.74) is 3.40. The summed E-state index contributed by atoms with van der Waals surface area (Å²) in [5.74, 6) is 2.98. The quantitative estimate of drug-likeness (QED) is 0.674. The van der Waals surface area contributed by atoms with Gasteiger partial charge in [0.1, 0.15) is 0 Å². The molecule has 0 aromatic heterocycles. The van der Waals surface area contributed by atoms with Crippen LogP contribution >= 0.6 is 0 Å². The first-order chi connectivity index (χ1) is 14.9. The Hall–Kier alpha value is -1.35. The van der Waals surface area contributed by atoms with Crippen molar-refractivity contribution >= 4 is 5.91 Å². The molecule has 3 heteroatoms. The number of fused-ring (bicyclic) bond motifs is 5. The summed E-state index contributed by atoms with van der Waals surface area (Å²) in [5, 5.41) is 3.45. The number of benzene rings is 1. The van der Waals surface area contributed by atoms with Crippen LogP contribution in [0.5, 0.6) is 0 Å². The Morgan fingerprint density at radius 3 is 2.42 bits per heavy atom. The van der Waals surface area contributed by atoms with E-state index in [0.717, 1.165) is 18.8 Å². The number of hydrogen-bond donors (Lipinski definition) is 1. The summed E-state index contributed by atoms with van der Waals surface area (Å²) in [6, 6.07) is 9.65. The summed E-state index contributed by atoms with van der Waals surface area (Å²) < 4.78 is 6.62. The zero-order chi connectivity index (χ0) is 21.4. The largest absolute Gasteiger partial charge is 0.374 e. The van der Waals surface area contributed by atoms with E-state index >= 15 is 0 Å². The van der Waals surface area contributed by atoms with Gasteiger partial charge in [0.25, 0.3) is 0 Å². The fourth-order valence-corrected chi connectivity index (χ4v) is 8.48. The van der Waals surface area contributed by atoms with Gasteiger partial charge in [-0.15, -0.1) is 0 Å². The summed E-state index contributed by atoms with van der Waals surface area (Å²) in [7, 11) is 0. The molecule has 0 bridgehead atoms. The standard InChI is InChI=1S/C28H39NO2/c1-17-4-6-18(7-5-17)20-16-23-27(2,15-13-25(30)29-23)22-12-14-28(3)21(26(20)22)10-11-24(28)31-19-8-9-19/h4-7,19-24,26H,8-16H2,1-3H3,(H,29,30)/t20?,21-,22+,23?,24?,26-,27+,28-/m0/s1. The highest BCUT2D eigenvalue weighted by molar-refractivity contribution is 5.77. The van der Waals surface area contributed by atoms with Crippen LogP contribution in [0.4, 0.5) is 0 Å². The Kier molecular flexibility index (Phi) is 4.62. The molecule has 1 N–H and O–H groups in total. The van der Waals surface area contributed by atoms with E-state index in [-0.39, 0.29) is 11.3 Å². The number of ether oxygens (including phenoxy) is 1. The first kappa shape index (κ1) is 20.3. The second kappa shape index (κ2) is 7.07. The molecule has 0 radical (unpaired) electrons. The van der Waals surface area contributed by atoms with E-state index in [0.29, 0.717) is 47.8 Å². The number of piperidine rings is 1. The van der Waals surface area contributed by atoms with Crippen LogP contribution in [0, 0.1) is 35.5 Å². The van der Waals surface area contributed by atoms with Crippen molar-refractivity contribution in [2.45, 2.75) is 103 Å². The third-order valence-corrected chi connectivity index (χ3v) is 10.5. The van der Waals surface area contributed by atoms with E-state index in [1.165, 1.54) is 49.7 Å². The van der Waals surface area contributed by atoms with E-state index < -0.39 is 0 Å². The second-order valence-corrected chi connectivity index (χ2v) is 12.1. The van der Waals surface area contributed by atoms with Gasteiger partial charge in [0.2, 0.25) is 5.91 Å². The molecule has 1 aromatic carbocycles. The molecular formula is C28H39NO2. The highest BCUT2D eigenvalue weighted by Crippen LogP contribution is 2.67. The number of hydrogen-bond acceptors (Lipinski definition) is 2. The Morgan fingerprint density at radius 2 is 1.68 bits per heavy atom. The Balaban J connectivity index is 1.39. The predicted molar refractivity (Wildman–Crippen MR) is 123 cm³/mol. The molecule has 4 aliphatic carbocycles. The van der Waals surface area contributed by atoms with Crippen LogP contribution in [0.3, 0.4) is 0 Å². The Labute approximate surface area is 187 Å². The number of carbonyl (C=O) groups is 1. The average Bonchev–Trinajstić information content (AvgIpc) is 3.51. The van der Waals surface area contributed by atoms with Crippen molar-refractivity contribution in [1.29, 1.82) is 0 Å². The molecule has 31 heavy (non-hydrogen) atoms. The monoisotopic (exact) mass is 421 g/mol. The third-order valence-electron chi connectivity index (χ3n) is 10.5. The molecule has 1 aliphatic heterocycles. The van der Waals surface area contributed by atoms with E-state index in [2.05, 4.69) is 50.4 Å². The zero-order valence-electron chi connectivity index (χ0n) is 19.5. The lowest BCUT2D eigenvalue weighted by atomic mass is 9.44. The van der Waals surface area contributed by atoms with Gasteiger partial charge in [-0.2, -0.15) is 0 Å².